The quantitative estimate of drug-likeness (QED) is 0.775. The smallest absolute Gasteiger partial charge is 0.222 e. The molecule has 0 N–H and O–H groups in total. The van der Waals surface area contributed by atoms with Crippen molar-refractivity contribution < 1.29 is 4.79 Å². The molecule has 28 heavy (non-hydrogen) atoms. The van der Waals surface area contributed by atoms with Crippen LogP contribution >= 0.6 is 11.3 Å². The first-order valence-corrected chi connectivity index (χ1v) is 11.9. The molecule has 3 heterocycles. The predicted molar refractivity (Wildman–Crippen MR) is 114 cm³/mol. The van der Waals surface area contributed by atoms with E-state index in [0.717, 1.165) is 62.0 Å². The summed E-state index contributed by atoms with van der Waals surface area (Å²) in [6.07, 6.45) is 13.8. The van der Waals surface area contributed by atoms with Gasteiger partial charge in [0.2, 0.25) is 5.91 Å². The molecule has 3 aliphatic rings. The molecule has 0 spiro atoms. The standard InChI is InChI=1S/C22H30N4OS/c27-19(10-9-16-5-1-2-6-16)25-11-13-26(14-12-25)21-20-17-7-3-4-8-18(17)28-22(20)24-15-23-21/h15-16H,1-14H2. The van der Waals surface area contributed by atoms with E-state index < -0.39 is 0 Å². The van der Waals surface area contributed by atoms with Gasteiger partial charge in [-0.2, -0.15) is 0 Å². The van der Waals surface area contributed by atoms with Crippen LogP contribution in [0.2, 0.25) is 0 Å². The van der Waals surface area contributed by atoms with Gasteiger partial charge >= 0.3 is 0 Å². The Kier molecular flexibility index (Phi) is 5.22. The molecule has 1 saturated heterocycles. The number of amides is 1. The van der Waals surface area contributed by atoms with E-state index in [2.05, 4.69) is 19.8 Å². The number of thiophene rings is 1. The third kappa shape index (κ3) is 3.51. The van der Waals surface area contributed by atoms with Crippen LogP contribution in [0.5, 0.6) is 0 Å². The predicted octanol–water partition coefficient (Wildman–Crippen LogP) is 4.19. The lowest BCUT2D eigenvalue weighted by Crippen LogP contribution is -2.49. The maximum absolute atomic E-state index is 12.6. The van der Waals surface area contributed by atoms with Crippen LogP contribution in [-0.2, 0) is 17.6 Å². The summed E-state index contributed by atoms with van der Waals surface area (Å²) >= 11 is 1.86. The summed E-state index contributed by atoms with van der Waals surface area (Å²) in [5.74, 6) is 2.25. The molecule has 150 valence electrons. The number of hydrogen-bond acceptors (Lipinski definition) is 5. The average molecular weight is 399 g/mol. The summed E-state index contributed by atoms with van der Waals surface area (Å²) in [4.78, 5) is 29.0. The Labute approximate surface area is 171 Å². The van der Waals surface area contributed by atoms with Gasteiger partial charge in [0.05, 0.1) is 5.39 Å². The van der Waals surface area contributed by atoms with Crippen molar-refractivity contribution in [1.82, 2.24) is 14.9 Å². The Bertz CT molecular complexity index is 850. The lowest BCUT2D eigenvalue weighted by atomic mass is 9.97. The lowest BCUT2D eigenvalue weighted by molar-refractivity contribution is -0.131. The maximum atomic E-state index is 12.6. The maximum Gasteiger partial charge on any atom is 0.222 e. The molecule has 0 unspecified atom stereocenters. The Balaban J connectivity index is 1.25. The highest BCUT2D eigenvalue weighted by Gasteiger charge is 2.27. The van der Waals surface area contributed by atoms with Gasteiger partial charge in [-0.3, -0.25) is 4.79 Å². The lowest BCUT2D eigenvalue weighted by Gasteiger charge is -2.36. The Hall–Kier alpha value is -1.69. The molecule has 2 fully saturated rings. The van der Waals surface area contributed by atoms with Gasteiger partial charge in [-0.05, 0) is 43.6 Å². The highest BCUT2D eigenvalue weighted by molar-refractivity contribution is 7.19. The van der Waals surface area contributed by atoms with Crippen LogP contribution < -0.4 is 4.90 Å². The van der Waals surface area contributed by atoms with E-state index in [9.17, 15) is 4.79 Å². The van der Waals surface area contributed by atoms with Crippen LogP contribution in [0.15, 0.2) is 6.33 Å². The first-order valence-electron chi connectivity index (χ1n) is 11.1. The number of nitrogens with zero attached hydrogens (tertiary/aromatic N) is 4. The minimum Gasteiger partial charge on any atom is -0.352 e. The Morgan fingerprint density at radius 1 is 1.04 bits per heavy atom. The van der Waals surface area contributed by atoms with Gasteiger partial charge in [0.25, 0.3) is 0 Å². The number of aryl methyl sites for hydroxylation is 2. The molecule has 1 saturated carbocycles. The summed E-state index contributed by atoms with van der Waals surface area (Å²) < 4.78 is 0. The normalized spacial score (nSPS) is 20.7. The van der Waals surface area contributed by atoms with Crippen LogP contribution in [0.1, 0.15) is 61.8 Å². The number of fused-ring (bicyclic) bond motifs is 3. The molecule has 0 aromatic carbocycles. The number of hydrogen-bond donors (Lipinski definition) is 0. The van der Waals surface area contributed by atoms with Gasteiger partial charge in [-0.15, -0.1) is 11.3 Å². The molecule has 2 aliphatic carbocycles. The minimum absolute atomic E-state index is 0.354. The molecular formula is C22H30N4OS. The fourth-order valence-corrected chi connectivity index (χ4v) is 6.49. The molecule has 0 radical (unpaired) electrons. The first kappa shape index (κ1) is 18.3. The van der Waals surface area contributed by atoms with E-state index >= 15 is 0 Å². The van der Waals surface area contributed by atoms with Crippen molar-refractivity contribution in [1.29, 1.82) is 0 Å². The fraction of sp³-hybridized carbons (Fsp3) is 0.682. The van der Waals surface area contributed by atoms with Crippen molar-refractivity contribution in [2.24, 2.45) is 5.92 Å². The van der Waals surface area contributed by atoms with Crippen LogP contribution in [0.4, 0.5) is 5.82 Å². The minimum atomic E-state index is 0.354. The van der Waals surface area contributed by atoms with Gasteiger partial charge in [0.1, 0.15) is 17.0 Å². The second-order valence-electron chi connectivity index (χ2n) is 8.65. The van der Waals surface area contributed by atoms with Crippen LogP contribution in [0.3, 0.4) is 0 Å². The first-order chi connectivity index (χ1) is 13.8. The van der Waals surface area contributed by atoms with Crippen molar-refractivity contribution in [3.8, 4) is 0 Å². The third-order valence-corrected chi connectivity index (χ3v) is 8.10. The van der Waals surface area contributed by atoms with Gasteiger partial charge < -0.3 is 9.80 Å². The molecule has 1 amide bonds. The molecular weight excluding hydrogens is 368 g/mol. The van der Waals surface area contributed by atoms with Gasteiger partial charge in [-0.1, -0.05) is 25.7 Å². The number of aromatic nitrogens is 2. The van der Waals surface area contributed by atoms with Crippen molar-refractivity contribution >= 4 is 33.3 Å². The third-order valence-electron chi connectivity index (χ3n) is 6.90. The van der Waals surface area contributed by atoms with Crippen molar-refractivity contribution in [3.05, 3.63) is 16.8 Å². The number of rotatable bonds is 4. The van der Waals surface area contributed by atoms with Gasteiger partial charge in [0, 0.05) is 37.5 Å². The highest BCUT2D eigenvalue weighted by atomic mass is 32.1. The van der Waals surface area contributed by atoms with Crippen LogP contribution in [0.25, 0.3) is 10.2 Å². The van der Waals surface area contributed by atoms with E-state index in [-0.39, 0.29) is 0 Å². The summed E-state index contributed by atoms with van der Waals surface area (Å²) in [6.45, 7) is 3.40. The monoisotopic (exact) mass is 398 g/mol. The molecule has 5 rings (SSSR count). The number of carbonyl (C=O) groups excluding carboxylic acids is 1. The van der Waals surface area contributed by atoms with E-state index in [4.69, 9.17) is 0 Å². The number of carbonyl (C=O) groups is 1. The molecule has 6 heteroatoms. The average Bonchev–Trinajstić information content (AvgIpc) is 3.39. The van der Waals surface area contributed by atoms with Crippen molar-refractivity contribution in [3.63, 3.8) is 0 Å². The van der Waals surface area contributed by atoms with E-state index in [1.54, 1.807) is 6.33 Å². The Morgan fingerprint density at radius 3 is 2.64 bits per heavy atom. The zero-order valence-corrected chi connectivity index (χ0v) is 17.5. The number of anilines is 1. The number of piperazine rings is 1. The highest BCUT2D eigenvalue weighted by Crippen LogP contribution is 2.39. The summed E-state index contributed by atoms with van der Waals surface area (Å²) in [7, 11) is 0. The summed E-state index contributed by atoms with van der Waals surface area (Å²) in [6, 6.07) is 0. The summed E-state index contributed by atoms with van der Waals surface area (Å²) in [5.41, 5.74) is 1.50. The molecule has 2 aromatic rings. The van der Waals surface area contributed by atoms with Crippen molar-refractivity contribution in [2.45, 2.75) is 64.2 Å². The molecule has 2 aromatic heterocycles. The second-order valence-corrected chi connectivity index (χ2v) is 9.73. The molecule has 0 atom stereocenters. The van der Waals surface area contributed by atoms with Crippen molar-refractivity contribution in [2.75, 3.05) is 31.1 Å². The van der Waals surface area contributed by atoms with E-state index in [1.807, 2.05) is 11.3 Å². The second kappa shape index (κ2) is 7.97. The molecule has 0 bridgehead atoms. The fourth-order valence-electron chi connectivity index (χ4n) is 5.27. The van der Waals surface area contributed by atoms with E-state index in [0.29, 0.717) is 5.91 Å². The SMILES string of the molecule is O=C(CCC1CCCC1)N1CCN(c2ncnc3sc4c(c23)CCCC4)CC1. The van der Waals surface area contributed by atoms with Gasteiger partial charge in [0.15, 0.2) is 0 Å². The zero-order chi connectivity index (χ0) is 18.9. The van der Waals surface area contributed by atoms with Crippen LogP contribution in [-0.4, -0.2) is 47.0 Å². The molecule has 5 nitrogen and oxygen atoms in total. The van der Waals surface area contributed by atoms with E-state index in [1.165, 1.54) is 60.8 Å². The topological polar surface area (TPSA) is 49.3 Å². The largest absolute Gasteiger partial charge is 0.352 e. The van der Waals surface area contributed by atoms with Crippen LogP contribution in [0, 0.1) is 5.92 Å². The van der Waals surface area contributed by atoms with Gasteiger partial charge in [-0.25, -0.2) is 9.97 Å². The Morgan fingerprint density at radius 2 is 1.82 bits per heavy atom. The zero-order valence-electron chi connectivity index (χ0n) is 16.7. The molecule has 1 aliphatic heterocycles. The summed E-state index contributed by atoms with van der Waals surface area (Å²) in [5, 5.41) is 1.29.